The minimum atomic E-state index is -1.50. The molecule has 0 bridgehead atoms. The van der Waals surface area contributed by atoms with Crippen LogP contribution < -0.4 is 15.8 Å². The van der Waals surface area contributed by atoms with E-state index in [1.165, 1.54) is 7.05 Å². The highest BCUT2D eigenvalue weighted by Gasteiger charge is 2.22. The summed E-state index contributed by atoms with van der Waals surface area (Å²) in [6.45, 7) is 3.98. The second-order valence-corrected chi connectivity index (χ2v) is 5.43. The number of hydrogen-bond acceptors (Lipinski definition) is 4. The number of rotatable bonds is 5. The third-order valence-corrected chi connectivity index (χ3v) is 4.09. The molecule has 0 heterocycles. The van der Waals surface area contributed by atoms with Gasteiger partial charge >= 0.3 is 0 Å². The molecule has 1 aromatic carbocycles. The van der Waals surface area contributed by atoms with Crippen LogP contribution >= 0.6 is 0 Å². The van der Waals surface area contributed by atoms with Crippen molar-refractivity contribution in [3.63, 3.8) is 0 Å². The number of anilines is 1. The Morgan fingerprint density at radius 1 is 1.56 bits per heavy atom. The van der Waals surface area contributed by atoms with Gasteiger partial charge in [-0.15, -0.1) is 0 Å². The van der Waals surface area contributed by atoms with Crippen molar-refractivity contribution in [2.24, 2.45) is 0 Å². The molecule has 2 atom stereocenters. The van der Waals surface area contributed by atoms with Crippen LogP contribution in [0.15, 0.2) is 23.1 Å². The van der Waals surface area contributed by atoms with Gasteiger partial charge in [-0.2, -0.15) is 0 Å². The van der Waals surface area contributed by atoms with Crippen molar-refractivity contribution in [2.75, 3.05) is 19.4 Å². The van der Waals surface area contributed by atoms with E-state index < -0.39 is 16.0 Å². The summed E-state index contributed by atoms with van der Waals surface area (Å²) in [5.74, 6) is 0.314. The first kappa shape index (κ1) is 14.5. The minimum absolute atomic E-state index is 0.283. The van der Waals surface area contributed by atoms with E-state index in [1.807, 2.05) is 6.92 Å². The maximum atomic E-state index is 12.2. The normalized spacial score (nSPS) is 13.7. The predicted octanol–water partition coefficient (Wildman–Crippen LogP) is 0.910. The molecule has 6 heteroatoms. The molecular formula is C12H18N2O3S. The number of nitrogens with one attached hydrogen (secondary N) is 1. The van der Waals surface area contributed by atoms with Crippen LogP contribution in [-0.2, 0) is 15.6 Å². The van der Waals surface area contributed by atoms with E-state index in [1.54, 1.807) is 25.1 Å². The number of carbonyl (C=O) groups is 1. The average molecular weight is 270 g/mol. The van der Waals surface area contributed by atoms with Gasteiger partial charge in [0.25, 0.3) is 0 Å². The molecule has 0 radical (unpaired) electrons. The summed E-state index contributed by atoms with van der Waals surface area (Å²) in [5.41, 5.74) is 6.18. The van der Waals surface area contributed by atoms with Crippen LogP contribution in [0.1, 0.15) is 13.8 Å². The molecule has 0 saturated carbocycles. The maximum Gasteiger partial charge on any atom is 0.235 e. The monoisotopic (exact) mass is 270 g/mol. The lowest BCUT2D eigenvalue weighted by atomic mass is 10.3. The summed E-state index contributed by atoms with van der Waals surface area (Å²) in [5, 5.41) is 1.81. The zero-order valence-corrected chi connectivity index (χ0v) is 11.5. The number of hydrogen-bond donors (Lipinski definition) is 2. The van der Waals surface area contributed by atoms with Gasteiger partial charge in [-0.1, -0.05) is 0 Å². The molecule has 0 fully saturated rings. The molecule has 2 unspecified atom stereocenters. The average Bonchev–Trinajstić information content (AvgIpc) is 2.38. The Morgan fingerprint density at radius 2 is 2.22 bits per heavy atom. The lowest BCUT2D eigenvalue weighted by Gasteiger charge is -2.13. The van der Waals surface area contributed by atoms with Gasteiger partial charge in [0, 0.05) is 12.7 Å². The highest BCUT2D eigenvalue weighted by molar-refractivity contribution is 7.86. The summed E-state index contributed by atoms with van der Waals surface area (Å²) in [6, 6.07) is 4.97. The van der Waals surface area contributed by atoms with E-state index in [0.29, 0.717) is 22.9 Å². The van der Waals surface area contributed by atoms with Gasteiger partial charge in [0.1, 0.15) is 11.0 Å². The quantitative estimate of drug-likeness (QED) is 0.779. The molecule has 1 amide bonds. The highest BCUT2D eigenvalue weighted by Crippen LogP contribution is 2.24. The van der Waals surface area contributed by atoms with Gasteiger partial charge in [0.05, 0.1) is 22.3 Å². The number of carbonyl (C=O) groups excluding carboxylic acids is 1. The first-order valence-corrected chi connectivity index (χ1v) is 6.87. The number of nitrogens with two attached hydrogens (primary N) is 1. The minimum Gasteiger partial charge on any atom is -0.494 e. The topological polar surface area (TPSA) is 81.4 Å². The number of benzene rings is 1. The third kappa shape index (κ3) is 3.22. The van der Waals surface area contributed by atoms with E-state index in [0.717, 1.165) is 0 Å². The molecule has 18 heavy (non-hydrogen) atoms. The smallest absolute Gasteiger partial charge is 0.235 e. The summed E-state index contributed by atoms with van der Waals surface area (Å²) < 4.78 is 17.6. The Morgan fingerprint density at radius 3 is 2.78 bits per heavy atom. The maximum absolute atomic E-state index is 12.2. The molecule has 1 rings (SSSR count). The molecule has 0 aliphatic rings. The van der Waals surface area contributed by atoms with Crippen LogP contribution in [0.25, 0.3) is 0 Å². The molecule has 0 aromatic heterocycles. The number of nitrogen functional groups attached to an aromatic ring is 1. The summed E-state index contributed by atoms with van der Waals surface area (Å²) in [7, 11) is 0.00932. The van der Waals surface area contributed by atoms with E-state index in [4.69, 9.17) is 10.5 Å². The first-order chi connectivity index (χ1) is 8.51. The van der Waals surface area contributed by atoms with Gasteiger partial charge in [-0.05, 0) is 32.0 Å². The van der Waals surface area contributed by atoms with E-state index in [-0.39, 0.29) is 5.91 Å². The zero-order valence-electron chi connectivity index (χ0n) is 10.7. The van der Waals surface area contributed by atoms with Crippen molar-refractivity contribution in [1.29, 1.82) is 0 Å². The van der Waals surface area contributed by atoms with E-state index in [2.05, 4.69) is 5.32 Å². The Kier molecular flexibility index (Phi) is 5.15. The highest BCUT2D eigenvalue weighted by atomic mass is 32.2. The second-order valence-electron chi connectivity index (χ2n) is 3.69. The van der Waals surface area contributed by atoms with Crippen LogP contribution in [-0.4, -0.2) is 29.0 Å². The van der Waals surface area contributed by atoms with Crippen molar-refractivity contribution in [3.05, 3.63) is 18.2 Å². The Balaban J connectivity index is 3.04. The van der Waals surface area contributed by atoms with Gasteiger partial charge < -0.3 is 15.8 Å². The SMILES string of the molecule is CCOc1ccc(N)c(S(=O)C(C)C(=O)NC)c1. The van der Waals surface area contributed by atoms with Gasteiger partial charge in [0.15, 0.2) is 0 Å². The van der Waals surface area contributed by atoms with E-state index in [9.17, 15) is 9.00 Å². The molecule has 0 spiro atoms. The fourth-order valence-electron chi connectivity index (χ4n) is 1.44. The van der Waals surface area contributed by atoms with Gasteiger partial charge in [0.2, 0.25) is 5.91 Å². The molecule has 1 aromatic rings. The van der Waals surface area contributed by atoms with Crippen molar-refractivity contribution in [1.82, 2.24) is 5.32 Å². The van der Waals surface area contributed by atoms with Crippen LogP contribution in [0.5, 0.6) is 5.75 Å². The molecular weight excluding hydrogens is 252 g/mol. The Labute approximate surface area is 109 Å². The molecule has 5 nitrogen and oxygen atoms in total. The zero-order chi connectivity index (χ0) is 13.7. The fraction of sp³-hybridized carbons (Fsp3) is 0.417. The van der Waals surface area contributed by atoms with Crippen molar-refractivity contribution >= 4 is 22.4 Å². The van der Waals surface area contributed by atoms with Crippen LogP contribution in [0.4, 0.5) is 5.69 Å². The van der Waals surface area contributed by atoms with E-state index >= 15 is 0 Å². The standard InChI is InChI=1S/C12H18N2O3S/c1-4-17-9-5-6-10(13)11(7-9)18(16)8(2)12(15)14-3/h5-8H,4,13H2,1-3H3,(H,14,15). The van der Waals surface area contributed by atoms with Crippen LogP contribution in [0, 0.1) is 0 Å². The van der Waals surface area contributed by atoms with Crippen molar-refractivity contribution in [3.8, 4) is 5.75 Å². The number of ether oxygens (including phenoxy) is 1. The molecule has 0 saturated heterocycles. The molecule has 3 N–H and O–H groups in total. The Bertz CT molecular complexity index is 463. The third-order valence-electron chi connectivity index (χ3n) is 2.45. The number of amides is 1. The summed E-state index contributed by atoms with van der Waals surface area (Å²) in [6.07, 6.45) is 0. The van der Waals surface area contributed by atoms with Crippen LogP contribution in [0.3, 0.4) is 0 Å². The lowest BCUT2D eigenvalue weighted by Crippen LogP contribution is -2.33. The molecule has 0 aliphatic carbocycles. The second kappa shape index (κ2) is 6.39. The lowest BCUT2D eigenvalue weighted by molar-refractivity contribution is -0.119. The predicted molar refractivity (Wildman–Crippen MR) is 72.0 cm³/mol. The van der Waals surface area contributed by atoms with Gasteiger partial charge in [-0.3, -0.25) is 9.00 Å². The van der Waals surface area contributed by atoms with Crippen molar-refractivity contribution in [2.45, 2.75) is 24.0 Å². The largest absolute Gasteiger partial charge is 0.494 e. The van der Waals surface area contributed by atoms with Crippen molar-refractivity contribution < 1.29 is 13.7 Å². The van der Waals surface area contributed by atoms with Crippen LogP contribution in [0.2, 0.25) is 0 Å². The molecule has 0 aliphatic heterocycles. The summed E-state index contributed by atoms with van der Waals surface area (Å²) in [4.78, 5) is 11.9. The first-order valence-electron chi connectivity index (χ1n) is 5.65. The summed E-state index contributed by atoms with van der Waals surface area (Å²) >= 11 is 0. The molecule has 100 valence electrons. The Hall–Kier alpha value is -1.56. The fourth-order valence-corrected chi connectivity index (χ4v) is 2.66. The van der Waals surface area contributed by atoms with Gasteiger partial charge in [-0.25, -0.2) is 0 Å².